The smallest absolute Gasteiger partial charge is 0.175 e. The molecule has 0 saturated heterocycles. The average molecular weight is 580 g/mol. The van der Waals surface area contributed by atoms with Crippen molar-refractivity contribution in [2.24, 2.45) is 5.92 Å². The first kappa shape index (κ1) is 25.8. The van der Waals surface area contributed by atoms with Crippen molar-refractivity contribution in [3.8, 4) is 17.6 Å². The Labute approximate surface area is 213 Å². The zero-order valence-corrected chi connectivity index (χ0v) is 22.8. The highest BCUT2D eigenvalue weighted by molar-refractivity contribution is 9.10. The Kier molecular flexibility index (Phi) is 9.46. The third-order valence-corrected chi connectivity index (χ3v) is 7.32. The first-order valence-corrected chi connectivity index (χ1v) is 13.7. The van der Waals surface area contributed by atoms with Gasteiger partial charge in [-0.05, 0) is 79.1 Å². The van der Waals surface area contributed by atoms with Crippen molar-refractivity contribution in [3.63, 3.8) is 0 Å². The van der Waals surface area contributed by atoms with E-state index in [-0.39, 0.29) is 5.78 Å². The second-order valence-corrected chi connectivity index (χ2v) is 10.2. The van der Waals surface area contributed by atoms with Gasteiger partial charge in [0.2, 0.25) is 0 Å². The quantitative estimate of drug-likeness (QED) is 0.240. The van der Waals surface area contributed by atoms with E-state index < -0.39 is 5.92 Å². The third-order valence-electron chi connectivity index (χ3n) is 6.17. The van der Waals surface area contributed by atoms with Crippen molar-refractivity contribution in [1.82, 2.24) is 5.32 Å². The van der Waals surface area contributed by atoms with E-state index in [0.29, 0.717) is 42.6 Å². The molecule has 0 radical (unpaired) electrons. The van der Waals surface area contributed by atoms with Crippen molar-refractivity contribution in [2.75, 3.05) is 18.5 Å². The van der Waals surface area contributed by atoms with Crippen LogP contribution in [0, 0.1) is 17.2 Å². The number of ether oxygens (including phenoxy) is 2. The molecule has 3 rings (SSSR count). The number of allylic oxidation sites excluding steroid dienone is 4. The van der Waals surface area contributed by atoms with Crippen LogP contribution in [0.2, 0.25) is 0 Å². The van der Waals surface area contributed by atoms with Crippen LogP contribution in [0.3, 0.4) is 0 Å². The fourth-order valence-corrected chi connectivity index (χ4v) is 5.71. The van der Waals surface area contributed by atoms with E-state index in [1.54, 1.807) is 0 Å². The van der Waals surface area contributed by atoms with Gasteiger partial charge in [-0.1, -0.05) is 29.3 Å². The Hall–Kier alpha value is -1.78. The Morgan fingerprint density at radius 1 is 1.21 bits per heavy atom. The van der Waals surface area contributed by atoms with Crippen LogP contribution in [0.15, 0.2) is 39.1 Å². The number of nitriles is 1. The number of alkyl halides is 1. The monoisotopic (exact) mass is 578 g/mol. The van der Waals surface area contributed by atoms with E-state index in [1.165, 1.54) is 0 Å². The molecule has 33 heavy (non-hydrogen) atoms. The molecular weight excluding hydrogens is 548 g/mol. The minimum absolute atomic E-state index is 0.136. The summed E-state index contributed by atoms with van der Waals surface area (Å²) in [7, 11) is 0. The number of ketones is 1. The maximum Gasteiger partial charge on any atom is 0.175 e. The van der Waals surface area contributed by atoms with Crippen LogP contribution in [0.1, 0.15) is 70.8 Å². The Bertz CT molecular complexity index is 994. The van der Waals surface area contributed by atoms with Crippen molar-refractivity contribution < 1.29 is 14.3 Å². The number of dihydropyridines is 1. The maximum absolute atomic E-state index is 13.3. The molecule has 1 aromatic carbocycles. The number of halogens is 2. The molecule has 0 amide bonds. The molecule has 0 aromatic heterocycles. The van der Waals surface area contributed by atoms with Gasteiger partial charge in [0.1, 0.15) is 0 Å². The van der Waals surface area contributed by atoms with E-state index in [1.807, 2.05) is 26.0 Å². The molecule has 2 unspecified atom stereocenters. The van der Waals surface area contributed by atoms with Crippen LogP contribution in [0.25, 0.3) is 0 Å². The highest BCUT2D eigenvalue weighted by Crippen LogP contribution is 2.47. The second kappa shape index (κ2) is 12.1. The molecule has 0 bridgehead atoms. The summed E-state index contributed by atoms with van der Waals surface area (Å²) in [6.07, 6.45) is 5.44. The molecule has 2 aliphatic rings. The van der Waals surface area contributed by atoms with Crippen LogP contribution in [-0.2, 0) is 4.79 Å². The summed E-state index contributed by atoms with van der Waals surface area (Å²) in [5, 5.41) is 14.3. The molecule has 1 aliphatic carbocycles. The minimum atomic E-state index is -0.403. The van der Waals surface area contributed by atoms with Gasteiger partial charge in [0.25, 0.3) is 0 Å². The first-order valence-electron chi connectivity index (χ1n) is 11.7. The minimum Gasteiger partial charge on any atom is -0.490 e. The number of unbranched alkanes of at least 4 members (excludes halogenated alkanes) is 1. The largest absolute Gasteiger partial charge is 0.490 e. The molecule has 5 nitrogen and oxygen atoms in total. The number of carbonyl (C=O) groups is 1. The first-order chi connectivity index (χ1) is 15.9. The third kappa shape index (κ3) is 5.84. The van der Waals surface area contributed by atoms with Gasteiger partial charge in [0.15, 0.2) is 17.3 Å². The van der Waals surface area contributed by atoms with Gasteiger partial charge in [0, 0.05) is 28.7 Å². The Morgan fingerprint density at radius 3 is 2.67 bits per heavy atom. The number of nitrogens with zero attached hydrogens (tertiary/aromatic N) is 1. The van der Waals surface area contributed by atoms with Gasteiger partial charge in [0.05, 0.1) is 35.2 Å². The molecule has 7 heteroatoms. The van der Waals surface area contributed by atoms with Crippen molar-refractivity contribution in [2.45, 2.75) is 65.2 Å². The van der Waals surface area contributed by atoms with Crippen LogP contribution in [-0.4, -0.2) is 24.3 Å². The SMILES string of the molecule is CCCC1CC(=O)C2=C(C1)NC(C)=C(C#N)C2c1cc(Br)c(OCCCCBr)c(OCC)c1. The summed E-state index contributed by atoms with van der Waals surface area (Å²) in [5.74, 6) is 1.38. The molecule has 2 atom stereocenters. The summed E-state index contributed by atoms with van der Waals surface area (Å²) in [6.45, 7) is 7.09. The van der Waals surface area contributed by atoms with Gasteiger partial charge < -0.3 is 14.8 Å². The van der Waals surface area contributed by atoms with E-state index in [2.05, 4.69) is 50.2 Å². The summed E-state index contributed by atoms with van der Waals surface area (Å²) in [6, 6.07) is 6.27. The van der Waals surface area contributed by atoms with Crippen LogP contribution < -0.4 is 14.8 Å². The molecule has 1 aliphatic heterocycles. The standard InChI is InChI=1S/C26H32Br2N2O3/c1-4-8-17-11-21-25(22(31)12-17)24(19(15-29)16(3)30-21)18-13-20(28)26(23(14-18)32-5-2)33-10-7-6-9-27/h13-14,17,24,30H,4-12H2,1-3H3. The number of carbonyl (C=O) groups excluding carboxylic acids is 1. The van der Waals surface area contributed by atoms with E-state index in [9.17, 15) is 10.1 Å². The lowest BCUT2D eigenvalue weighted by molar-refractivity contribution is -0.117. The maximum atomic E-state index is 13.3. The fourth-order valence-electron chi connectivity index (χ4n) is 4.74. The van der Waals surface area contributed by atoms with Gasteiger partial charge in [-0.3, -0.25) is 4.79 Å². The van der Waals surface area contributed by atoms with E-state index >= 15 is 0 Å². The predicted octanol–water partition coefficient (Wildman–Crippen LogP) is 6.92. The van der Waals surface area contributed by atoms with E-state index in [0.717, 1.165) is 64.4 Å². The van der Waals surface area contributed by atoms with Crippen LogP contribution >= 0.6 is 31.9 Å². The molecule has 0 saturated carbocycles. The van der Waals surface area contributed by atoms with Crippen molar-refractivity contribution in [3.05, 3.63) is 44.7 Å². The number of benzene rings is 1. The van der Waals surface area contributed by atoms with Gasteiger partial charge in [-0.15, -0.1) is 0 Å². The van der Waals surface area contributed by atoms with E-state index in [4.69, 9.17) is 9.47 Å². The van der Waals surface area contributed by atoms with Gasteiger partial charge in [-0.25, -0.2) is 0 Å². The molecule has 178 valence electrons. The summed E-state index contributed by atoms with van der Waals surface area (Å²) >= 11 is 7.11. The van der Waals surface area contributed by atoms with Crippen LogP contribution in [0.5, 0.6) is 11.5 Å². The normalized spacial score (nSPS) is 20.3. The number of hydrogen-bond donors (Lipinski definition) is 1. The molecule has 0 fully saturated rings. The number of rotatable bonds is 10. The second-order valence-electron chi connectivity index (χ2n) is 8.59. The zero-order valence-electron chi connectivity index (χ0n) is 19.6. The molecule has 0 spiro atoms. The van der Waals surface area contributed by atoms with Crippen LogP contribution in [0.4, 0.5) is 0 Å². The summed E-state index contributed by atoms with van der Waals surface area (Å²) in [5.41, 5.74) is 3.96. The van der Waals surface area contributed by atoms with Gasteiger partial charge in [-0.2, -0.15) is 5.26 Å². The highest BCUT2D eigenvalue weighted by Gasteiger charge is 2.39. The predicted molar refractivity (Wildman–Crippen MR) is 138 cm³/mol. The van der Waals surface area contributed by atoms with Crippen molar-refractivity contribution >= 4 is 37.6 Å². The Morgan fingerprint density at radius 2 is 2.00 bits per heavy atom. The number of nitrogens with one attached hydrogen (secondary N) is 1. The number of hydrogen-bond acceptors (Lipinski definition) is 5. The fraction of sp³-hybridized carbons (Fsp3) is 0.538. The lowest BCUT2D eigenvalue weighted by Gasteiger charge is -2.35. The zero-order chi connectivity index (χ0) is 24.0. The van der Waals surface area contributed by atoms with Gasteiger partial charge >= 0.3 is 0 Å². The molecule has 1 heterocycles. The Balaban J connectivity index is 2.05. The summed E-state index contributed by atoms with van der Waals surface area (Å²) in [4.78, 5) is 13.3. The highest BCUT2D eigenvalue weighted by atomic mass is 79.9. The lowest BCUT2D eigenvalue weighted by atomic mass is 9.72. The lowest BCUT2D eigenvalue weighted by Crippen LogP contribution is -2.34. The topological polar surface area (TPSA) is 71.4 Å². The molecule has 1 aromatic rings. The summed E-state index contributed by atoms with van der Waals surface area (Å²) < 4.78 is 12.7. The molecule has 1 N–H and O–H groups in total. The molecular formula is C26H32Br2N2O3. The number of Topliss-reactive ketones (excluding diaryl/α,β-unsaturated/α-hetero) is 1. The van der Waals surface area contributed by atoms with Crippen molar-refractivity contribution in [1.29, 1.82) is 5.26 Å². The average Bonchev–Trinajstić information content (AvgIpc) is 2.77.